The third-order valence-electron chi connectivity index (χ3n) is 31.3. The number of hydrogen-bond acceptors (Lipinski definition) is 10. The van der Waals surface area contributed by atoms with Crippen LogP contribution in [-0.4, -0.2) is 91.1 Å². The van der Waals surface area contributed by atoms with E-state index in [-0.39, 0.29) is 72.8 Å². The van der Waals surface area contributed by atoms with E-state index in [1.807, 2.05) is 19.2 Å². The first-order chi connectivity index (χ1) is 43.9. The lowest BCUT2D eigenvalue weighted by Gasteiger charge is -2.75. The lowest BCUT2D eigenvalue weighted by Crippen LogP contribution is -2.86. The Morgan fingerprint density at radius 2 is 1.48 bits per heavy atom. The van der Waals surface area contributed by atoms with Gasteiger partial charge in [-0.25, -0.2) is 4.79 Å². The normalized spacial score (nSPS) is 46.8. The molecule has 16 aliphatic rings. The molecule has 19 rings (SSSR count). The molecular weight excluding hydrogens is 1130 g/mol. The van der Waals surface area contributed by atoms with E-state index in [0.717, 1.165) is 106 Å². The zero-order valence-corrected chi connectivity index (χ0v) is 54.5. The number of likely N-dealkylation sites (N-methyl/N-ethyl adjacent to an activating group) is 1. The van der Waals surface area contributed by atoms with Gasteiger partial charge in [-0.05, 0) is 258 Å². The molecule has 0 radical (unpaired) electrons. The van der Waals surface area contributed by atoms with Crippen LogP contribution in [0.25, 0.3) is 0 Å². The smallest absolute Gasteiger partial charge is 0.331 e. The Hall–Kier alpha value is -4.18. The van der Waals surface area contributed by atoms with Crippen molar-refractivity contribution >= 4 is 12.3 Å². The minimum Gasteiger partial charge on any atom is -0.454 e. The highest BCUT2D eigenvalue weighted by Crippen LogP contribution is 2.80. The standard InChI is InChI=1S/C81H103NO9/c1-49(54-12-3-4-13-54)56-20-21-64-71(86)75-30-23-51(42-75)19-18-50-10-7-16-59(35-50)76(33-32-73(45-76)26-5-6-27-73)60-17-8-11-52(36-60)34-53-22-28-74(41-53)29-24-55-14-9-15-57(44-83)61(55)39-66(82-2)62-37-58-43-79(88)77(46-74,69(58)63-40-68(85)91-70(62)63)31-25-67-78(47-75,48-84)80(64,89)65(38-56)72(87)81(67,79)90/h7-11,14-17,35-36,40,48-49,51,53-54,56,58,62,64-67,69-72,82-83,86-90H,3-6,12-13,18-23,25-28,30-34,37-39,41-47H2,1-2H3/t49-,51-,53+,56-,58-,62+,64+,65-,66+,67+,69+,70-,71+,72-,74-,75-,76+,77-,78-,79+,80+,81-/m0/s1. The molecule has 7 N–H and O–H groups in total. The van der Waals surface area contributed by atoms with Gasteiger partial charge in [0.05, 0.1) is 29.8 Å². The fraction of sp³-hybridized carbons (Fsp3) is 0.704. The van der Waals surface area contributed by atoms with Gasteiger partial charge < -0.3 is 45.5 Å². The van der Waals surface area contributed by atoms with Gasteiger partial charge in [0, 0.05) is 57.6 Å². The molecule has 3 aromatic rings. The molecule has 10 nitrogen and oxygen atoms in total. The van der Waals surface area contributed by atoms with Crippen molar-refractivity contribution in [2.45, 2.75) is 253 Å². The van der Waals surface area contributed by atoms with E-state index in [0.29, 0.717) is 56.3 Å². The van der Waals surface area contributed by atoms with Crippen LogP contribution in [0.1, 0.15) is 219 Å². The molecule has 5 spiro atoms. The molecule has 22 atom stereocenters. The van der Waals surface area contributed by atoms with E-state index in [1.165, 1.54) is 73.6 Å². The van der Waals surface area contributed by atoms with Crippen LogP contribution in [0.3, 0.4) is 0 Å². The molecule has 91 heavy (non-hydrogen) atoms. The van der Waals surface area contributed by atoms with E-state index < -0.39 is 86.4 Å². The molecule has 0 amide bonds. The summed E-state index contributed by atoms with van der Waals surface area (Å²) in [6.45, 7) is 2.23. The third-order valence-corrected chi connectivity index (χ3v) is 31.3. The molecule has 15 bridgehead atoms. The van der Waals surface area contributed by atoms with E-state index >= 15 is 15.0 Å². The Morgan fingerprint density at radius 3 is 2.26 bits per heavy atom. The lowest BCUT2D eigenvalue weighted by molar-refractivity contribution is -0.385. The van der Waals surface area contributed by atoms with Crippen molar-refractivity contribution in [3.63, 3.8) is 0 Å². The van der Waals surface area contributed by atoms with Gasteiger partial charge in [0.15, 0.2) is 0 Å². The van der Waals surface area contributed by atoms with Gasteiger partial charge in [0.2, 0.25) is 0 Å². The second-order valence-corrected chi connectivity index (χ2v) is 34.6. The van der Waals surface area contributed by atoms with Gasteiger partial charge in [-0.1, -0.05) is 118 Å². The Kier molecular flexibility index (Phi) is 14.2. The summed E-state index contributed by atoms with van der Waals surface area (Å²) in [4.78, 5) is 30.1. The largest absolute Gasteiger partial charge is 0.454 e. The monoisotopic (exact) mass is 1230 g/mol. The summed E-state index contributed by atoms with van der Waals surface area (Å²) in [6, 6.07) is 25.2. The Bertz CT molecular complexity index is 3500. The second-order valence-electron chi connectivity index (χ2n) is 34.6. The summed E-state index contributed by atoms with van der Waals surface area (Å²) >= 11 is 0. The topological polar surface area (TPSA) is 177 Å². The molecule has 3 aromatic carbocycles. The lowest BCUT2D eigenvalue weighted by atomic mass is 9.32. The SMILES string of the molecule is CN[C@@H]1Cc2c(cccc2CO)C#C[C@]23CC[C@H](Cc4cccc(c4)[C@@]4(CCC5(CCCC5)C4)c4cccc(c4)CC[C@H]4CC[C@]5(C4)C[C@]4(C=O)[C@H]6CC[C@]7(C2)[C@H]2C8=CC(=O)O[C@H]8[C@@H]1C[C@H]2C[C@]7(O)[C@@]6(O)[C@@H](O)[C@@H]1C[C@@H]([C@@H](C)C2CCCC2)CC[C@H]([C@H]5O)[C@@]14O)C3. The summed E-state index contributed by atoms with van der Waals surface area (Å²) in [6.07, 6.45) is 24.7. The van der Waals surface area contributed by atoms with Crippen molar-refractivity contribution in [2.75, 3.05) is 7.05 Å². The van der Waals surface area contributed by atoms with Crippen LogP contribution in [0.2, 0.25) is 0 Å². The highest BCUT2D eigenvalue weighted by Gasteiger charge is 2.87. The van der Waals surface area contributed by atoms with Gasteiger partial charge >= 0.3 is 5.97 Å². The van der Waals surface area contributed by atoms with Crippen LogP contribution >= 0.6 is 0 Å². The molecular formula is C81H103NO9. The van der Waals surface area contributed by atoms with Crippen molar-refractivity contribution < 1.29 is 45.0 Å². The number of aldehydes is 1. The zero-order valence-electron chi connectivity index (χ0n) is 54.5. The summed E-state index contributed by atoms with van der Waals surface area (Å²) in [7, 11) is 1.96. The molecule has 11 saturated carbocycles. The number of nitrogens with one attached hydrogen (secondary N) is 1. The van der Waals surface area contributed by atoms with Crippen LogP contribution in [0.4, 0.5) is 0 Å². The fourth-order valence-corrected chi connectivity index (χ4v) is 27.4. The number of carbonyl (C=O) groups excluding carboxylic acids is 2. The predicted octanol–water partition coefficient (Wildman–Crippen LogP) is 12.1. The van der Waals surface area contributed by atoms with Crippen molar-refractivity contribution in [2.24, 2.45) is 92.2 Å². The molecule has 11 fully saturated rings. The van der Waals surface area contributed by atoms with Crippen molar-refractivity contribution in [1.29, 1.82) is 0 Å². The maximum absolute atomic E-state index is 15.7. The number of aryl methyl sites for hydroxylation is 1. The van der Waals surface area contributed by atoms with Crippen LogP contribution < -0.4 is 5.32 Å². The fourth-order valence-electron chi connectivity index (χ4n) is 27.4. The average Bonchev–Trinajstić information content (AvgIpc) is 1.63. The Balaban J connectivity index is 0.886. The maximum atomic E-state index is 15.7. The van der Waals surface area contributed by atoms with E-state index in [1.54, 1.807) is 6.08 Å². The highest BCUT2D eigenvalue weighted by atomic mass is 16.5. The summed E-state index contributed by atoms with van der Waals surface area (Å²) in [5, 5.41) is 88.6. The van der Waals surface area contributed by atoms with Crippen molar-refractivity contribution in [3.8, 4) is 11.8 Å². The van der Waals surface area contributed by atoms with Crippen LogP contribution in [0, 0.1) is 104 Å². The predicted molar refractivity (Wildman–Crippen MR) is 349 cm³/mol. The second kappa shape index (κ2) is 21.4. The molecule has 0 aromatic heterocycles. The van der Waals surface area contributed by atoms with Crippen molar-refractivity contribution in [1.82, 2.24) is 5.32 Å². The van der Waals surface area contributed by atoms with Crippen LogP contribution in [0.15, 0.2) is 78.4 Å². The number of benzene rings is 3. The number of fused-ring (bicyclic) bond motifs is 3. The highest BCUT2D eigenvalue weighted by molar-refractivity contribution is 5.86. The average molecular weight is 1230 g/mol. The number of aliphatic hydroxyl groups excluding tert-OH is 3. The number of aliphatic hydroxyl groups is 6. The van der Waals surface area contributed by atoms with E-state index in [9.17, 15) is 25.2 Å². The minimum absolute atomic E-state index is 0.0615. The zero-order chi connectivity index (χ0) is 62.3. The summed E-state index contributed by atoms with van der Waals surface area (Å²) < 4.78 is 6.61. The first-order valence-corrected chi connectivity index (χ1v) is 36.9. The number of rotatable bonds is 5. The Morgan fingerprint density at radius 1 is 0.714 bits per heavy atom. The first kappa shape index (κ1) is 60.5. The third kappa shape index (κ3) is 8.41. The quantitative estimate of drug-likeness (QED) is 0.0739. The van der Waals surface area contributed by atoms with Gasteiger partial charge in [-0.3, -0.25) is 0 Å². The number of hydrogen-bond donors (Lipinski definition) is 7. The molecule has 0 unspecified atom stereocenters. The molecule has 10 heteroatoms. The number of carbonyl (C=O) groups is 2. The molecule has 1 heterocycles. The molecule has 1 aliphatic heterocycles. The first-order valence-electron chi connectivity index (χ1n) is 36.9. The van der Waals surface area contributed by atoms with Crippen LogP contribution in [-0.2, 0) is 45.6 Å². The number of ether oxygens (including phenoxy) is 1. The van der Waals surface area contributed by atoms with E-state index in [2.05, 4.69) is 78.7 Å². The van der Waals surface area contributed by atoms with Gasteiger partial charge in [-0.15, -0.1) is 0 Å². The summed E-state index contributed by atoms with van der Waals surface area (Å²) in [5.41, 5.74) is -0.962. The van der Waals surface area contributed by atoms with Gasteiger partial charge in [0.25, 0.3) is 0 Å². The molecule has 486 valence electrons. The van der Waals surface area contributed by atoms with Gasteiger partial charge in [-0.2, -0.15) is 0 Å². The van der Waals surface area contributed by atoms with Gasteiger partial charge in [0.1, 0.15) is 23.6 Å². The summed E-state index contributed by atoms with van der Waals surface area (Å²) in [5.74, 6) is 5.26. The van der Waals surface area contributed by atoms with Crippen molar-refractivity contribution in [3.05, 3.63) is 117 Å². The van der Waals surface area contributed by atoms with E-state index in [4.69, 9.17) is 4.74 Å². The molecule has 0 saturated heterocycles. The van der Waals surface area contributed by atoms with Crippen LogP contribution in [0.5, 0.6) is 0 Å². The Labute approximate surface area is 541 Å². The maximum Gasteiger partial charge on any atom is 0.331 e. The number of esters is 1. The minimum atomic E-state index is -2.28. The molecule has 15 aliphatic carbocycles.